The van der Waals surface area contributed by atoms with Crippen LogP contribution in [0.5, 0.6) is 0 Å². The van der Waals surface area contributed by atoms with E-state index in [2.05, 4.69) is 17.9 Å². The molecule has 1 N–H and O–H groups in total. The highest BCUT2D eigenvalue weighted by Crippen LogP contribution is 2.27. The molecule has 0 aromatic heterocycles. The number of amides is 1. The lowest BCUT2D eigenvalue weighted by Crippen LogP contribution is -2.20. The summed E-state index contributed by atoms with van der Waals surface area (Å²) in [6, 6.07) is 2.58. The molecule has 6 heteroatoms. The number of thiol groups is 1. The zero-order valence-electron chi connectivity index (χ0n) is 7.72. The van der Waals surface area contributed by atoms with E-state index in [4.69, 9.17) is 23.2 Å². The Balaban J connectivity index is 2.93. The zero-order chi connectivity index (χ0) is 11.6. The largest absolute Gasteiger partial charge is 0.325 e. The number of halogens is 3. The number of nitrogens with one attached hydrogen (secondary N) is 1. The molecular formula is C9H8Cl2FNOS. The minimum absolute atomic E-state index is 0.135. The van der Waals surface area contributed by atoms with E-state index in [1.54, 1.807) is 6.92 Å². The van der Waals surface area contributed by atoms with Gasteiger partial charge in [0.05, 0.1) is 15.3 Å². The number of anilines is 1. The van der Waals surface area contributed by atoms with Crippen LogP contribution in [0.3, 0.4) is 0 Å². The molecule has 0 heterocycles. The van der Waals surface area contributed by atoms with E-state index in [1.165, 1.54) is 12.1 Å². The Hall–Kier alpha value is -0.450. The third-order valence-corrected chi connectivity index (χ3v) is 2.42. The Labute approximate surface area is 102 Å². The van der Waals surface area contributed by atoms with Crippen LogP contribution in [0.4, 0.5) is 10.1 Å². The summed E-state index contributed by atoms with van der Waals surface area (Å²) in [6.45, 7) is 1.62. The maximum absolute atomic E-state index is 13.0. The summed E-state index contributed by atoms with van der Waals surface area (Å²) in [4.78, 5) is 11.3. The van der Waals surface area contributed by atoms with E-state index >= 15 is 0 Å². The van der Waals surface area contributed by atoms with Crippen LogP contribution in [-0.2, 0) is 4.79 Å². The van der Waals surface area contributed by atoms with Gasteiger partial charge in [0.15, 0.2) is 5.82 Å². The van der Waals surface area contributed by atoms with E-state index in [0.29, 0.717) is 5.69 Å². The van der Waals surface area contributed by atoms with Gasteiger partial charge in [0.2, 0.25) is 5.91 Å². The Morgan fingerprint density at radius 2 is 1.93 bits per heavy atom. The van der Waals surface area contributed by atoms with Crippen molar-refractivity contribution in [2.75, 3.05) is 5.32 Å². The van der Waals surface area contributed by atoms with Crippen molar-refractivity contribution < 1.29 is 9.18 Å². The summed E-state index contributed by atoms with van der Waals surface area (Å²) in [5.41, 5.74) is 0.345. The quantitative estimate of drug-likeness (QED) is 0.624. The number of carbonyl (C=O) groups is 1. The standard InChI is InChI=1S/C9H8Cl2FNOS/c1-4(15)9(14)13-5-2-6(10)8(12)7(11)3-5/h2-4,15H,1H3,(H,13,14). The molecular weight excluding hydrogens is 260 g/mol. The van der Waals surface area contributed by atoms with Crippen molar-refractivity contribution >= 4 is 47.4 Å². The van der Waals surface area contributed by atoms with Crippen LogP contribution in [0.25, 0.3) is 0 Å². The molecule has 0 aliphatic carbocycles. The van der Waals surface area contributed by atoms with Gasteiger partial charge in [0, 0.05) is 5.69 Å². The lowest BCUT2D eigenvalue weighted by Gasteiger charge is -2.08. The fraction of sp³-hybridized carbons (Fsp3) is 0.222. The molecule has 0 aliphatic heterocycles. The van der Waals surface area contributed by atoms with Gasteiger partial charge < -0.3 is 5.32 Å². The Morgan fingerprint density at radius 1 is 1.47 bits per heavy atom. The molecule has 1 atom stereocenters. The summed E-state index contributed by atoms with van der Waals surface area (Å²) >= 11 is 15.0. The maximum atomic E-state index is 13.0. The lowest BCUT2D eigenvalue weighted by molar-refractivity contribution is -0.115. The number of rotatable bonds is 2. The van der Waals surface area contributed by atoms with Crippen LogP contribution < -0.4 is 5.32 Å². The third-order valence-electron chi connectivity index (χ3n) is 1.63. The van der Waals surface area contributed by atoms with E-state index in [-0.39, 0.29) is 16.0 Å². The molecule has 1 unspecified atom stereocenters. The highest BCUT2D eigenvalue weighted by atomic mass is 35.5. The molecule has 1 aromatic carbocycles. The van der Waals surface area contributed by atoms with Gasteiger partial charge in [0.25, 0.3) is 0 Å². The molecule has 0 aliphatic rings. The minimum Gasteiger partial charge on any atom is -0.325 e. The third kappa shape index (κ3) is 3.26. The van der Waals surface area contributed by atoms with Crippen molar-refractivity contribution in [2.24, 2.45) is 0 Å². The normalized spacial score (nSPS) is 12.3. The average molecular weight is 268 g/mol. The highest BCUT2D eigenvalue weighted by molar-refractivity contribution is 7.81. The van der Waals surface area contributed by atoms with Gasteiger partial charge in [-0.25, -0.2) is 4.39 Å². The van der Waals surface area contributed by atoms with Gasteiger partial charge in [-0.05, 0) is 19.1 Å². The SMILES string of the molecule is CC(S)C(=O)Nc1cc(Cl)c(F)c(Cl)c1. The predicted octanol–water partition coefficient (Wildman–Crippen LogP) is 3.39. The molecule has 0 spiro atoms. The number of benzene rings is 1. The number of hydrogen-bond acceptors (Lipinski definition) is 2. The van der Waals surface area contributed by atoms with Crippen LogP contribution in [0.15, 0.2) is 12.1 Å². The van der Waals surface area contributed by atoms with Gasteiger partial charge in [0.1, 0.15) is 0 Å². The van der Waals surface area contributed by atoms with Crippen molar-refractivity contribution in [3.8, 4) is 0 Å². The summed E-state index contributed by atoms with van der Waals surface area (Å²) in [5, 5.41) is 1.76. The van der Waals surface area contributed by atoms with Crippen LogP contribution in [0.2, 0.25) is 10.0 Å². The van der Waals surface area contributed by atoms with Gasteiger partial charge in [-0.2, -0.15) is 12.6 Å². The molecule has 0 saturated carbocycles. The molecule has 1 aromatic rings. The average Bonchev–Trinajstić information content (AvgIpc) is 2.13. The van der Waals surface area contributed by atoms with Gasteiger partial charge in [-0.1, -0.05) is 23.2 Å². The van der Waals surface area contributed by atoms with Crippen LogP contribution >= 0.6 is 35.8 Å². The molecule has 82 valence electrons. The molecule has 0 saturated heterocycles. The van der Waals surface area contributed by atoms with Gasteiger partial charge >= 0.3 is 0 Å². The molecule has 1 amide bonds. The van der Waals surface area contributed by atoms with Crippen molar-refractivity contribution in [2.45, 2.75) is 12.2 Å². The van der Waals surface area contributed by atoms with Crippen molar-refractivity contribution in [1.29, 1.82) is 0 Å². The Bertz CT molecular complexity index is 375. The van der Waals surface area contributed by atoms with Crippen LogP contribution in [-0.4, -0.2) is 11.2 Å². The zero-order valence-corrected chi connectivity index (χ0v) is 10.1. The van der Waals surface area contributed by atoms with Gasteiger partial charge in [-0.15, -0.1) is 0 Å². The number of hydrogen-bond donors (Lipinski definition) is 2. The van der Waals surface area contributed by atoms with Crippen LogP contribution in [0.1, 0.15) is 6.92 Å². The minimum atomic E-state index is -0.699. The maximum Gasteiger partial charge on any atom is 0.236 e. The van der Waals surface area contributed by atoms with E-state index in [1.807, 2.05) is 0 Å². The molecule has 0 radical (unpaired) electrons. The van der Waals surface area contributed by atoms with E-state index in [9.17, 15) is 9.18 Å². The van der Waals surface area contributed by atoms with Crippen molar-refractivity contribution in [1.82, 2.24) is 0 Å². The van der Waals surface area contributed by atoms with E-state index in [0.717, 1.165) is 0 Å². The Kier molecular flexibility index (Phi) is 4.25. The highest BCUT2D eigenvalue weighted by Gasteiger charge is 2.11. The Morgan fingerprint density at radius 3 is 2.33 bits per heavy atom. The first-order valence-corrected chi connectivity index (χ1v) is 5.32. The molecule has 2 nitrogen and oxygen atoms in total. The first kappa shape index (κ1) is 12.6. The summed E-state index contributed by atoms with van der Waals surface area (Å²) in [6.07, 6.45) is 0. The first-order valence-electron chi connectivity index (χ1n) is 4.05. The fourth-order valence-corrected chi connectivity index (χ4v) is 1.43. The van der Waals surface area contributed by atoms with Gasteiger partial charge in [-0.3, -0.25) is 4.79 Å². The lowest BCUT2D eigenvalue weighted by atomic mass is 10.3. The first-order chi connectivity index (χ1) is 6.91. The van der Waals surface area contributed by atoms with Crippen molar-refractivity contribution in [3.63, 3.8) is 0 Å². The second kappa shape index (κ2) is 5.05. The van der Waals surface area contributed by atoms with E-state index < -0.39 is 11.1 Å². The summed E-state index contributed by atoms with van der Waals surface area (Å²) in [7, 11) is 0. The van der Waals surface area contributed by atoms with Crippen molar-refractivity contribution in [3.05, 3.63) is 28.0 Å². The monoisotopic (exact) mass is 267 g/mol. The second-order valence-corrected chi connectivity index (χ2v) is 4.51. The smallest absolute Gasteiger partial charge is 0.236 e. The summed E-state index contributed by atoms with van der Waals surface area (Å²) in [5.74, 6) is -1.01. The summed E-state index contributed by atoms with van der Waals surface area (Å²) < 4.78 is 13.0. The van der Waals surface area contributed by atoms with Crippen LogP contribution in [0, 0.1) is 5.82 Å². The molecule has 15 heavy (non-hydrogen) atoms. The fourth-order valence-electron chi connectivity index (χ4n) is 0.874. The number of carbonyl (C=O) groups excluding carboxylic acids is 1. The molecule has 0 fully saturated rings. The topological polar surface area (TPSA) is 29.1 Å². The molecule has 0 bridgehead atoms. The second-order valence-electron chi connectivity index (χ2n) is 2.92. The predicted molar refractivity (Wildman–Crippen MR) is 63.5 cm³/mol. The molecule has 1 rings (SSSR count).